The molecule has 1 N–H and O–H groups in total. The number of methoxy groups -OCH3 is 1. The smallest absolute Gasteiger partial charge is 0.355 e. The molecule has 2 rings (SSSR count). The highest BCUT2D eigenvalue weighted by Crippen LogP contribution is 2.19. The second-order valence-electron chi connectivity index (χ2n) is 5.56. The lowest BCUT2D eigenvalue weighted by Crippen LogP contribution is -2.19. The number of benzene rings is 1. The van der Waals surface area contributed by atoms with Gasteiger partial charge in [0.05, 0.1) is 6.54 Å². The van der Waals surface area contributed by atoms with E-state index >= 15 is 0 Å². The summed E-state index contributed by atoms with van der Waals surface area (Å²) < 4.78 is 19.5. The van der Waals surface area contributed by atoms with Crippen molar-refractivity contribution in [1.29, 1.82) is 0 Å². The molecule has 24 heavy (non-hydrogen) atoms. The molecule has 0 radical (unpaired) electrons. The van der Waals surface area contributed by atoms with Gasteiger partial charge in [-0.3, -0.25) is 0 Å². The fourth-order valence-corrected chi connectivity index (χ4v) is 2.14. The number of hydrogen-bond donors (Lipinski definition) is 1. The van der Waals surface area contributed by atoms with Gasteiger partial charge in [0.1, 0.15) is 17.1 Å². The van der Waals surface area contributed by atoms with Crippen molar-refractivity contribution in [1.82, 2.24) is 9.55 Å². The van der Waals surface area contributed by atoms with Crippen LogP contribution >= 0.6 is 11.6 Å². The molecule has 1 aromatic carbocycles. The molecule has 1 heterocycles. The van der Waals surface area contributed by atoms with E-state index in [2.05, 4.69) is 16.8 Å². The van der Waals surface area contributed by atoms with Crippen LogP contribution < -0.4 is 0 Å². The lowest BCUT2D eigenvalue weighted by atomic mass is 10.1. The normalized spacial score (nSPS) is 11.0. The van der Waals surface area contributed by atoms with Gasteiger partial charge in [0.2, 0.25) is 5.28 Å². The van der Waals surface area contributed by atoms with E-state index in [1.165, 1.54) is 23.8 Å². The first-order valence-corrected chi connectivity index (χ1v) is 7.43. The van der Waals surface area contributed by atoms with Crippen LogP contribution in [0.15, 0.2) is 24.3 Å². The maximum absolute atomic E-state index is 13.0. The lowest BCUT2D eigenvalue weighted by molar-refractivity contribution is 0.0684. The Bertz CT molecular complexity index is 817. The molecule has 0 saturated heterocycles. The minimum atomic E-state index is -1.20. The zero-order valence-electron chi connectivity index (χ0n) is 13.4. The predicted molar refractivity (Wildman–Crippen MR) is 87.7 cm³/mol. The number of carboxylic acids is 1. The van der Waals surface area contributed by atoms with E-state index in [1.54, 1.807) is 26.0 Å². The van der Waals surface area contributed by atoms with Gasteiger partial charge in [0, 0.05) is 7.11 Å². The van der Waals surface area contributed by atoms with Crippen LogP contribution in [-0.2, 0) is 11.3 Å². The van der Waals surface area contributed by atoms with Gasteiger partial charge >= 0.3 is 5.97 Å². The predicted octanol–water partition coefficient (Wildman–Crippen LogP) is 3.20. The van der Waals surface area contributed by atoms with Crippen molar-refractivity contribution in [3.05, 3.63) is 52.3 Å². The van der Waals surface area contributed by atoms with Crippen LogP contribution in [0, 0.1) is 17.7 Å². The second-order valence-corrected chi connectivity index (χ2v) is 5.90. The third-order valence-electron chi connectivity index (χ3n) is 3.37. The molecule has 1 aromatic heterocycles. The summed E-state index contributed by atoms with van der Waals surface area (Å²) in [7, 11) is 1.51. The van der Waals surface area contributed by atoms with Crippen molar-refractivity contribution < 1.29 is 19.0 Å². The van der Waals surface area contributed by atoms with Crippen LogP contribution in [0.2, 0.25) is 5.28 Å². The van der Waals surface area contributed by atoms with Gasteiger partial charge in [-0.25, -0.2) is 14.2 Å². The summed E-state index contributed by atoms with van der Waals surface area (Å²) in [6, 6.07) is 5.69. The third kappa shape index (κ3) is 4.13. The Balaban J connectivity index is 2.45. The molecule has 0 bridgehead atoms. The number of carbonyl (C=O) groups is 1. The molecule has 0 aliphatic carbocycles. The summed E-state index contributed by atoms with van der Waals surface area (Å²) in [5, 5.41) is 9.49. The van der Waals surface area contributed by atoms with Gasteiger partial charge in [-0.2, -0.15) is 0 Å². The summed E-state index contributed by atoms with van der Waals surface area (Å²) in [6.07, 6.45) is 0. The molecule has 7 heteroatoms. The Labute approximate surface area is 144 Å². The molecular formula is C17H16ClFN2O3. The average molecular weight is 351 g/mol. The van der Waals surface area contributed by atoms with E-state index in [1.807, 2.05) is 0 Å². The molecule has 5 nitrogen and oxygen atoms in total. The molecule has 126 valence electrons. The van der Waals surface area contributed by atoms with Gasteiger partial charge in [0.15, 0.2) is 5.69 Å². The summed E-state index contributed by atoms with van der Waals surface area (Å²) in [5.74, 6) is 3.95. The van der Waals surface area contributed by atoms with Crippen molar-refractivity contribution in [2.45, 2.75) is 26.0 Å². The Morgan fingerprint density at radius 3 is 2.58 bits per heavy atom. The molecule has 0 aliphatic heterocycles. The topological polar surface area (TPSA) is 64.4 Å². The summed E-state index contributed by atoms with van der Waals surface area (Å²) in [5.41, 5.74) is -0.124. The fraction of sp³-hybridized carbons (Fsp3) is 0.294. The maximum Gasteiger partial charge on any atom is 0.355 e. The highest BCUT2D eigenvalue weighted by atomic mass is 35.5. The minimum absolute atomic E-state index is 0.00347. The van der Waals surface area contributed by atoms with Crippen LogP contribution in [-0.4, -0.2) is 33.3 Å². The van der Waals surface area contributed by atoms with E-state index in [0.29, 0.717) is 5.56 Å². The Kier molecular flexibility index (Phi) is 5.27. The zero-order chi connectivity index (χ0) is 17.9. The van der Waals surface area contributed by atoms with Gasteiger partial charge in [-0.05, 0) is 49.1 Å². The highest BCUT2D eigenvalue weighted by molar-refractivity contribution is 6.28. The summed E-state index contributed by atoms with van der Waals surface area (Å²) >= 11 is 6.07. The molecule has 0 atom stereocenters. The number of ether oxygens (including phenoxy) is 1. The van der Waals surface area contributed by atoms with Gasteiger partial charge in [-0.1, -0.05) is 18.1 Å². The van der Waals surface area contributed by atoms with E-state index in [4.69, 9.17) is 16.3 Å². The Morgan fingerprint density at radius 2 is 2.04 bits per heavy atom. The molecule has 0 aliphatic rings. The zero-order valence-corrected chi connectivity index (χ0v) is 14.2. The third-order valence-corrected chi connectivity index (χ3v) is 3.66. The van der Waals surface area contributed by atoms with E-state index in [9.17, 15) is 14.3 Å². The molecular weight excluding hydrogens is 335 g/mol. The van der Waals surface area contributed by atoms with Crippen LogP contribution in [0.4, 0.5) is 4.39 Å². The van der Waals surface area contributed by atoms with Crippen molar-refractivity contribution in [2.75, 3.05) is 7.11 Å². The van der Waals surface area contributed by atoms with Crippen molar-refractivity contribution >= 4 is 17.6 Å². The van der Waals surface area contributed by atoms with E-state index < -0.39 is 11.6 Å². The number of halogens is 2. The van der Waals surface area contributed by atoms with E-state index in [-0.39, 0.29) is 29.0 Å². The number of rotatable bonds is 4. The SMILES string of the molecule is COC(C)(C)C#Cc1nc(Cl)n(Cc2ccc(F)cc2)c1C(=O)O. The highest BCUT2D eigenvalue weighted by Gasteiger charge is 2.22. The largest absolute Gasteiger partial charge is 0.476 e. The monoisotopic (exact) mass is 350 g/mol. The molecule has 0 spiro atoms. The van der Waals surface area contributed by atoms with E-state index in [0.717, 1.165) is 0 Å². The number of aromatic carboxylic acids is 1. The summed E-state index contributed by atoms with van der Waals surface area (Å²) in [6.45, 7) is 3.64. The van der Waals surface area contributed by atoms with Crippen LogP contribution in [0.1, 0.15) is 35.6 Å². The number of nitrogens with zero attached hydrogens (tertiary/aromatic N) is 2. The second kappa shape index (κ2) is 7.04. The van der Waals surface area contributed by atoms with Crippen molar-refractivity contribution in [2.24, 2.45) is 0 Å². The first-order valence-electron chi connectivity index (χ1n) is 7.05. The van der Waals surface area contributed by atoms with Crippen molar-refractivity contribution in [3.8, 4) is 11.8 Å². The molecule has 0 amide bonds. The molecule has 0 fully saturated rings. The fourth-order valence-electron chi connectivity index (χ4n) is 1.91. The van der Waals surface area contributed by atoms with Crippen LogP contribution in [0.3, 0.4) is 0 Å². The quantitative estimate of drug-likeness (QED) is 0.860. The lowest BCUT2D eigenvalue weighted by Gasteiger charge is -2.13. The number of hydrogen-bond acceptors (Lipinski definition) is 3. The molecule has 0 unspecified atom stereocenters. The summed E-state index contributed by atoms with van der Waals surface area (Å²) in [4.78, 5) is 15.6. The van der Waals surface area contributed by atoms with Gasteiger partial charge in [0.25, 0.3) is 0 Å². The molecule has 2 aromatic rings. The van der Waals surface area contributed by atoms with Crippen LogP contribution in [0.25, 0.3) is 0 Å². The van der Waals surface area contributed by atoms with Gasteiger partial charge < -0.3 is 14.4 Å². The first-order chi connectivity index (χ1) is 11.2. The molecule has 0 saturated carbocycles. The Morgan fingerprint density at radius 1 is 1.42 bits per heavy atom. The number of imidazole rings is 1. The Hall–Kier alpha value is -2.36. The maximum atomic E-state index is 13.0. The average Bonchev–Trinajstić information content (AvgIpc) is 2.84. The van der Waals surface area contributed by atoms with Crippen molar-refractivity contribution in [3.63, 3.8) is 0 Å². The van der Waals surface area contributed by atoms with Crippen LogP contribution in [0.5, 0.6) is 0 Å². The number of carboxylic acid groups (broad SMARTS) is 1. The first kappa shape index (κ1) is 18.0. The number of aromatic nitrogens is 2. The van der Waals surface area contributed by atoms with Gasteiger partial charge in [-0.15, -0.1) is 0 Å². The standard InChI is InChI=1S/C17H16ClFN2O3/c1-17(2,24-3)9-8-13-14(15(22)23)21(16(18)20-13)10-11-4-6-12(19)7-5-11/h4-7H,10H2,1-3H3,(H,22,23). The minimum Gasteiger partial charge on any atom is -0.476 e.